The van der Waals surface area contributed by atoms with E-state index in [0.717, 1.165) is 61.6 Å². The van der Waals surface area contributed by atoms with Crippen molar-refractivity contribution in [2.75, 3.05) is 0 Å². The molecule has 4 aromatic carbocycles. The van der Waals surface area contributed by atoms with E-state index in [1.807, 2.05) is 85.9 Å². The molecule has 0 aliphatic carbocycles. The fraction of sp³-hybridized carbons (Fsp3) is 0.0811. The number of rotatable bonds is 7. The summed E-state index contributed by atoms with van der Waals surface area (Å²) in [6.07, 6.45) is 11.0. The Bertz CT molecular complexity index is 2110. The van der Waals surface area contributed by atoms with Crippen LogP contribution in [0.25, 0.3) is 49.8 Å². The summed E-state index contributed by atoms with van der Waals surface area (Å²) in [5, 5.41) is 21.0. The van der Waals surface area contributed by atoms with Gasteiger partial charge in [-0.05, 0) is 96.8 Å². The van der Waals surface area contributed by atoms with E-state index in [-0.39, 0.29) is 0 Å². The second-order valence-corrected chi connectivity index (χ2v) is 10.2. The second kappa shape index (κ2) is 11.1. The smallest absolute Gasteiger partial charge is 0.135 e. The Morgan fingerprint density at radius 1 is 0.905 bits per heavy atom. The molecule has 6 aromatic rings. The maximum atomic E-state index is 9.25. The molecule has 2 heterocycles. The summed E-state index contributed by atoms with van der Waals surface area (Å²) in [4.78, 5) is 0. The van der Waals surface area contributed by atoms with Crippen LogP contribution in [0.5, 0.6) is 0 Å². The lowest BCUT2D eigenvalue weighted by Crippen LogP contribution is -2.02. The van der Waals surface area contributed by atoms with Crippen molar-refractivity contribution in [1.82, 2.24) is 4.57 Å². The number of nitriles is 1. The van der Waals surface area contributed by atoms with Crippen LogP contribution in [-0.4, -0.2) is 10.3 Å². The molecule has 5 heteroatoms. The minimum Gasteiger partial charge on any atom is -0.456 e. The van der Waals surface area contributed by atoms with Gasteiger partial charge in [0.1, 0.15) is 11.2 Å². The largest absolute Gasteiger partial charge is 0.456 e. The van der Waals surface area contributed by atoms with Crippen molar-refractivity contribution in [3.8, 4) is 11.8 Å². The monoisotopic (exact) mass is 546 g/mol. The third-order valence-corrected chi connectivity index (χ3v) is 7.48. The normalized spacial score (nSPS) is 12.5. The maximum absolute atomic E-state index is 9.25. The van der Waals surface area contributed by atoms with Gasteiger partial charge >= 0.3 is 0 Å². The lowest BCUT2D eigenvalue weighted by molar-refractivity contribution is 0.669. The van der Waals surface area contributed by atoms with E-state index in [1.165, 1.54) is 5.57 Å². The summed E-state index contributed by atoms with van der Waals surface area (Å²) in [5.41, 5.74) is 15.5. The van der Waals surface area contributed by atoms with Crippen molar-refractivity contribution < 1.29 is 4.42 Å². The van der Waals surface area contributed by atoms with Crippen LogP contribution in [0.3, 0.4) is 0 Å². The number of nitrogens with two attached hydrogens (primary N) is 1. The van der Waals surface area contributed by atoms with Crippen molar-refractivity contribution in [3.05, 3.63) is 138 Å². The Labute approximate surface area is 244 Å². The van der Waals surface area contributed by atoms with Crippen molar-refractivity contribution in [2.45, 2.75) is 20.3 Å². The van der Waals surface area contributed by atoms with E-state index in [4.69, 9.17) is 15.6 Å². The van der Waals surface area contributed by atoms with E-state index in [9.17, 15) is 5.26 Å². The zero-order chi connectivity index (χ0) is 29.2. The SMILES string of the molecule is C/C=C\C(=C/CC)c1ccc(/C(N)=C/C(=N)c2ccc3oc4ccc(-n5ccc6cc(C#N)ccc65)cc4c3c2)cc1. The van der Waals surface area contributed by atoms with Crippen molar-refractivity contribution in [3.63, 3.8) is 0 Å². The van der Waals surface area contributed by atoms with Gasteiger partial charge < -0.3 is 20.1 Å². The third kappa shape index (κ3) is 4.91. The van der Waals surface area contributed by atoms with Crippen LogP contribution in [0, 0.1) is 16.7 Å². The molecule has 0 atom stereocenters. The second-order valence-electron chi connectivity index (χ2n) is 10.2. The zero-order valence-electron chi connectivity index (χ0n) is 23.6. The quantitative estimate of drug-likeness (QED) is 0.154. The van der Waals surface area contributed by atoms with E-state index >= 15 is 0 Å². The summed E-state index contributed by atoms with van der Waals surface area (Å²) in [6.45, 7) is 4.15. The van der Waals surface area contributed by atoms with Gasteiger partial charge in [0.15, 0.2) is 0 Å². The zero-order valence-corrected chi connectivity index (χ0v) is 23.6. The molecule has 5 nitrogen and oxygen atoms in total. The van der Waals surface area contributed by atoms with Gasteiger partial charge in [-0.2, -0.15) is 5.26 Å². The number of nitrogens with one attached hydrogen (secondary N) is 1. The molecule has 6 rings (SSSR count). The molecule has 0 amide bonds. The Kier molecular flexibility index (Phi) is 7.04. The molecule has 0 radical (unpaired) electrons. The predicted octanol–water partition coefficient (Wildman–Crippen LogP) is 9.14. The lowest BCUT2D eigenvalue weighted by Gasteiger charge is -2.07. The highest BCUT2D eigenvalue weighted by atomic mass is 16.3. The minimum atomic E-state index is 0.328. The first-order chi connectivity index (χ1) is 20.5. The third-order valence-electron chi connectivity index (χ3n) is 7.48. The molecule has 0 aliphatic heterocycles. The lowest BCUT2D eigenvalue weighted by atomic mass is 10.00. The summed E-state index contributed by atoms with van der Waals surface area (Å²) in [6, 6.07) is 30.0. The van der Waals surface area contributed by atoms with E-state index in [2.05, 4.69) is 47.9 Å². The van der Waals surface area contributed by atoms with Crippen molar-refractivity contribution in [2.24, 2.45) is 5.73 Å². The molecule has 0 saturated heterocycles. The average molecular weight is 547 g/mol. The molecule has 0 fully saturated rings. The standard InChI is InChI=1S/C37H30N4O/c1-3-5-25(6-4-2)26-8-10-27(11-9-26)33(39)22-34(40)28-12-15-36-31(20-28)32-21-30(13-16-37(32)42-36)41-18-17-29-19-24(23-38)7-14-35(29)41/h3,5-22,40H,4,39H2,1-2H3/b5-3-,25-6+,33-22-,40-34?. The highest BCUT2D eigenvalue weighted by Gasteiger charge is 2.12. The fourth-order valence-corrected chi connectivity index (χ4v) is 5.38. The highest BCUT2D eigenvalue weighted by molar-refractivity contribution is 6.14. The Morgan fingerprint density at radius 2 is 1.62 bits per heavy atom. The van der Waals surface area contributed by atoms with Gasteiger partial charge in [0.25, 0.3) is 0 Å². The van der Waals surface area contributed by atoms with E-state index in [1.54, 1.807) is 6.08 Å². The number of aromatic nitrogens is 1. The van der Waals surface area contributed by atoms with Crippen LogP contribution >= 0.6 is 0 Å². The summed E-state index contributed by atoms with van der Waals surface area (Å²) in [5.74, 6) is 0. The van der Waals surface area contributed by atoms with E-state index < -0.39 is 0 Å². The number of fused-ring (bicyclic) bond motifs is 4. The molecule has 2 aromatic heterocycles. The Morgan fingerprint density at radius 3 is 2.36 bits per heavy atom. The molecular weight excluding hydrogens is 516 g/mol. The molecule has 0 bridgehead atoms. The van der Waals surface area contributed by atoms with Crippen LogP contribution in [0.4, 0.5) is 0 Å². The Hall–Kier alpha value is -5.60. The first-order valence-electron chi connectivity index (χ1n) is 14.0. The molecule has 3 N–H and O–H groups in total. The van der Waals surface area contributed by atoms with Crippen LogP contribution in [0.15, 0.2) is 120 Å². The van der Waals surface area contributed by atoms with E-state index in [0.29, 0.717) is 17.0 Å². The topological polar surface area (TPSA) is 91.7 Å². The average Bonchev–Trinajstić information content (AvgIpc) is 3.61. The van der Waals surface area contributed by atoms with Gasteiger partial charge in [0, 0.05) is 39.3 Å². The number of furan rings is 1. The Balaban J connectivity index is 1.32. The first-order valence-corrected chi connectivity index (χ1v) is 14.0. The van der Waals surface area contributed by atoms with Gasteiger partial charge in [-0.15, -0.1) is 0 Å². The number of nitrogens with zero attached hydrogens (tertiary/aromatic N) is 2. The number of allylic oxidation sites excluding steroid dienone is 5. The summed E-state index contributed by atoms with van der Waals surface area (Å²) >= 11 is 0. The summed E-state index contributed by atoms with van der Waals surface area (Å²) < 4.78 is 8.23. The number of hydrogen-bond acceptors (Lipinski definition) is 4. The summed E-state index contributed by atoms with van der Waals surface area (Å²) in [7, 11) is 0. The van der Waals surface area contributed by atoms with Crippen LogP contribution in [-0.2, 0) is 0 Å². The number of hydrogen-bond donors (Lipinski definition) is 2. The van der Waals surface area contributed by atoms with Crippen LogP contribution < -0.4 is 5.73 Å². The molecule has 204 valence electrons. The minimum absolute atomic E-state index is 0.328. The van der Waals surface area contributed by atoms with Crippen molar-refractivity contribution >= 4 is 49.8 Å². The van der Waals surface area contributed by atoms with Crippen molar-refractivity contribution in [1.29, 1.82) is 10.7 Å². The molecule has 42 heavy (non-hydrogen) atoms. The van der Waals surface area contributed by atoms with Gasteiger partial charge in [0.05, 0.1) is 22.9 Å². The molecule has 0 saturated carbocycles. The van der Waals surface area contributed by atoms with Gasteiger partial charge in [-0.3, -0.25) is 0 Å². The number of benzene rings is 4. The van der Waals surface area contributed by atoms with Gasteiger partial charge in [-0.1, -0.05) is 49.4 Å². The molecule has 0 unspecified atom stereocenters. The first kappa shape index (κ1) is 26.6. The van der Waals surface area contributed by atoms with Crippen LogP contribution in [0.1, 0.15) is 42.5 Å². The molecule has 0 aliphatic rings. The van der Waals surface area contributed by atoms with Gasteiger partial charge in [0.2, 0.25) is 0 Å². The van der Waals surface area contributed by atoms with Gasteiger partial charge in [-0.25, -0.2) is 0 Å². The highest BCUT2D eigenvalue weighted by Crippen LogP contribution is 2.32. The predicted molar refractivity (Wildman–Crippen MR) is 174 cm³/mol. The van der Waals surface area contributed by atoms with Crippen LogP contribution in [0.2, 0.25) is 0 Å². The molecular formula is C37H30N4O. The fourth-order valence-electron chi connectivity index (χ4n) is 5.38. The maximum Gasteiger partial charge on any atom is 0.135 e. The molecule has 0 spiro atoms.